The van der Waals surface area contributed by atoms with Crippen LogP contribution >= 0.6 is 0 Å². The lowest BCUT2D eigenvalue weighted by Crippen LogP contribution is -2.17. The number of aromatic nitrogens is 5. The molecule has 0 aliphatic heterocycles. The van der Waals surface area contributed by atoms with Gasteiger partial charge in [-0.05, 0) is 31.2 Å². The molecule has 23 heavy (non-hydrogen) atoms. The second kappa shape index (κ2) is 6.22. The van der Waals surface area contributed by atoms with E-state index in [-0.39, 0.29) is 11.5 Å². The van der Waals surface area contributed by atoms with Crippen molar-refractivity contribution in [1.82, 2.24) is 24.9 Å². The fraction of sp³-hybridized carbons (Fsp3) is 0.0667. The van der Waals surface area contributed by atoms with Crippen LogP contribution in [0.15, 0.2) is 42.7 Å². The number of nitrogens with one attached hydrogen (secondary N) is 1. The topological polar surface area (TPSA) is 93.6 Å². The Labute approximate surface area is 130 Å². The number of nitrogens with zero attached hydrogens (tertiary/aromatic N) is 5. The van der Waals surface area contributed by atoms with Gasteiger partial charge in [-0.15, -0.1) is 0 Å². The predicted octanol–water partition coefficient (Wildman–Crippen LogP) is 2.03. The number of carbonyl (C=O) groups is 1. The van der Waals surface area contributed by atoms with Gasteiger partial charge in [0.05, 0.1) is 5.56 Å². The summed E-state index contributed by atoms with van der Waals surface area (Å²) in [5.41, 5.74) is 0.353. The molecule has 3 heterocycles. The second-order valence-corrected chi connectivity index (χ2v) is 4.54. The fourth-order valence-corrected chi connectivity index (χ4v) is 1.87. The Morgan fingerprint density at radius 3 is 2.61 bits per heavy atom. The Hall–Kier alpha value is -3.29. The molecule has 1 N–H and O–H groups in total. The Morgan fingerprint density at radius 1 is 1.04 bits per heavy atom. The third kappa shape index (κ3) is 3.31. The molecule has 0 bridgehead atoms. The van der Waals surface area contributed by atoms with E-state index in [0.717, 1.165) is 0 Å². The van der Waals surface area contributed by atoms with E-state index in [4.69, 9.17) is 0 Å². The third-order valence-corrected chi connectivity index (χ3v) is 2.87. The number of rotatable bonds is 3. The number of anilines is 1. The molecule has 0 aromatic carbocycles. The zero-order valence-electron chi connectivity index (χ0n) is 12.1. The van der Waals surface area contributed by atoms with E-state index in [2.05, 4.69) is 30.2 Å². The predicted molar refractivity (Wildman–Crippen MR) is 79.9 cm³/mol. The molecule has 3 aromatic heterocycles. The minimum atomic E-state index is -0.860. The minimum Gasteiger partial charge on any atom is -0.290 e. The maximum Gasteiger partial charge on any atom is 0.262 e. The van der Waals surface area contributed by atoms with Crippen molar-refractivity contribution >= 4 is 11.9 Å². The largest absolute Gasteiger partial charge is 0.290 e. The molecule has 0 saturated carbocycles. The summed E-state index contributed by atoms with van der Waals surface area (Å²) in [7, 11) is 0. The zero-order chi connectivity index (χ0) is 16.2. The summed E-state index contributed by atoms with van der Waals surface area (Å²) in [6.07, 6.45) is 2.87. The molecule has 8 heteroatoms. The lowest BCUT2D eigenvalue weighted by Gasteiger charge is -2.06. The lowest BCUT2D eigenvalue weighted by molar-refractivity contribution is 0.102. The highest BCUT2D eigenvalue weighted by Crippen LogP contribution is 2.14. The van der Waals surface area contributed by atoms with Crippen molar-refractivity contribution in [2.24, 2.45) is 0 Å². The van der Waals surface area contributed by atoms with Crippen LogP contribution in [0.5, 0.6) is 0 Å². The van der Waals surface area contributed by atoms with Crippen molar-refractivity contribution in [3.05, 3.63) is 60.1 Å². The van der Waals surface area contributed by atoms with Crippen LogP contribution in [0.4, 0.5) is 10.3 Å². The maximum atomic E-state index is 13.5. The molecule has 3 aromatic rings. The quantitative estimate of drug-likeness (QED) is 0.744. The summed E-state index contributed by atoms with van der Waals surface area (Å²) < 4.78 is 13.5. The van der Waals surface area contributed by atoms with Crippen LogP contribution in [-0.4, -0.2) is 30.8 Å². The Bertz CT molecular complexity index is 856. The van der Waals surface area contributed by atoms with Crippen molar-refractivity contribution in [3.8, 4) is 11.5 Å². The molecule has 114 valence electrons. The standard InChI is InChI=1S/C15H11FN6O/c1-9-19-13(11-6-2-3-7-17-11)21-15(20-9)22-14(23)10-5-4-8-18-12(10)16/h2-8H,1H3,(H,19,20,21,22,23). The number of hydrogen-bond donors (Lipinski definition) is 1. The molecule has 0 spiro atoms. The smallest absolute Gasteiger partial charge is 0.262 e. The molecular formula is C15H11FN6O. The van der Waals surface area contributed by atoms with Gasteiger partial charge in [-0.3, -0.25) is 15.1 Å². The summed E-state index contributed by atoms with van der Waals surface area (Å²) in [4.78, 5) is 32.0. The summed E-state index contributed by atoms with van der Waals surface area (Å²) in [6.45, 7) is 1.66. The van der Waals surface area contributed by atoms with Crippen LogP contribution in [0.2, 0.25) is 0 Å². The SMILES string of the molecule is Cc1nc(NC(=O)c2cccnc2F)nc(-c2ccccn2)n1. The molecule has 0 aliphatic carbocycles. The second-order valence-electron chi connectivity index (χ2n) is 4.54. The van der Waals surface area contributed by atoms with Gasteiger partial charge in [-0.2, -0.15) is 14.4 Å². The van der Waals surface area contributed by atoms with E-state index >= 15 is 0 Å². The van der Waals surface area contributed by atoms with Crippen molar-refractivity contribution in [2.45, 2.75) is 6.92 Å². The number of hydrogen-bond acceptors (Lipinski definition) is 6. The monoisotopic (exact) mass is 310 g/mol. The van der Waals surface area contributed by atoms with Crippen LogP contribution in [0.25, 0.3) is 11.5 Å². The molecule has 0 unspecified atom stereocenters. The molecule has 0 aliphatic rings. The van der Waals surface area contributed by atoms with Gasteiger partial charge in [0.15, 0.2) is 5.82 Å². The van der Waals surface area contributed by atoms with Crippen molar-refractivity contribution in [3.63, 3.8) is 0 Å². The van der Waals surface area contributed by atoms with Gasteiger partial charge < -0.3 is 0 Å². The van der Waals surface area contributed by atoms with Gasteiger partial charge in [-0.25, -0.2) is 9.97 Å². The molecule has 3 rings (SSSR count). The molecule has 0 radical (unpaired) electrons. The van der Waals surface area contributed by atoms with Crippen LogP contribution in [0.1, 0.15) is 16.2 Å². The van der Waals surface area contributed by atoms with Crippen LogP contribution in [0.3, 0.4) is 0 Å². The first kappa shape index (κ1) is 14.6. The first-order valence-electron chi connectivity index (χ1n) is 6.69. The Balaban J connectivity index is 1.91. The van der Waals surface area contributed by atoms with Crippen LogP contribution in [0, 0.1) is 12.9 Å². The van der Waals surface area contributed by atoms with E-state index in [1.165, 1.54) is 18.3 Å². The van der Waals surface area contributed by atoms with E-state index in [9.17, 15) is 9.18 Å². The van der Waals surface area contributed by atoms with E-state index in [0.29, 0.717) is 17.3 Å². The molecule has 0 atom stereocenters. The lowest BCUT2D eigenvalue weighted by atomic mass is 10.2. The number of carbonyl (C=O) groups excluding carboxylic acids is 1. The molecule has 7 nitrogen and oxygen atoms in total. The van der Waals surface area contributed by atoms with Gasteiger partial charge in [0.25, 0.3) is 5.91 Å². The molecule has 0 fully saturated rings. The Kier molecular flexibility index (Phi) is 3.96. The number of amides is 1. The first-order chi connectivity index (χ1) is 11.1. The Morgan fingerprint density at radius 2 is 1.87 bits per heavy atom. The highest BCUT2D eigenvalue weighted by molar-refractivity contribution is 6.03. The van der Waals surface area contributed by atoms with Crippen molar-refractivity contribution < 1.29 is 9.18 Å². The van der Waals surface area contributed by atoms with Crippen molar-refractivity contribution in [2.75, 3.05) is 5.32 Å². The highest BCUT2D eigenvalue weighted by atomic mass is 19.1. The first-order valence-corrected chi connectivity index (χ1v) is 6.69. The van der Waals surface area contributed by atoms with E-state index < -0.39 is 11.9 Å². The minimum absolute atomic E-state index is 0.0198. The van der Waals surface area contributed by atoms with Gasteiger partial charge in [-0.1, -0.05) is 6.07 Å². The zero-order valence-corrected chi connectivity index (χ0v) is 12.1. The third-order valence-electron chi connectivity index (χ3n) is 2.87. The summed E-state index contributed by atoms with van der Waals surface area (Å²) in [6, 6.07) is 8.10. The van der Waals surface area contributed by atoms with Gasteiger partial charge in [0.1, 0.15) is 11.5 Å². The van der Waals surface area contributed by atoms with E-state index in [1.807, 2.05) is 0 Å². The summed E-state index contributed by atoms with van der Waals surface area (Å²) in [5.74, 6) is -0.803. The highest BCUT2D eigenvalue weighted by Gasteiger charge is 2.15. The normalized spacial score (nSPS) is 10.3. The van der Waals surface area contributed by atoms with Crippen molar-refractivity contribution in [1.29, 1.82) is 0 Å². The van der Waals surface area contributed by atoms with Gasteiger partial charge in [0, 0.05) is 12.4 Å². The maximum absolute atomic E-state index is 13.5. The fourth-order valence-electron chi connectivity index (χ4n) is 1.87. The molecule has 1 amide bonds. The average molecular weight is 310 g/mol. The van der Waals surface area contributed by atoms with E-state index in [1.54, 1.807) is 31.3 Å². The van der Waals surface area contributed by atoms with Crippen LogP contribution < -0.4 is 5.32 Å². The van der Waals surface area contributed by atoms with Gasteiger partial charge in [0.2, 0.25) is 11.9 Å². The average Bonchev–Trinajstić information content (AvgIpc) is 2.55. The summed E-state index contributed by atoms with van der Waals surface area (Å²) >= 11 is 0. The summed E-state index contributed by atoms with van der Waals surface area (Å²) in [5, 5.41) is 2.44. The number of aryl methyl sites for hydroxylation is 1. The number of pyridine rings is 2. The molecule has 0 saturated heterocycles. The number of halogens is 1. The molecular weight excluding hydrogens is 299 g/mol. The van der Waals surface area contributed by atoms with Gasteiger partial charge >= 0.3 is 0 Å². The van der Waals surface area contributed by atoms with Crippen LogP contribution in [-0.2, 0) is 0 Å².